The van der Waals surface area contributed by atoms with E-state index < -0.39 is 36.2 Å². The van der Waals surface area contributed by atoms with Gasteiger partial charge in [-0.1, -0.05) is 6.08 Å². The number of ether oxygens (including phenoxy) is 2. The molecule has 0 radical (unpaired) electrons. The third kappa shape index (κ3) is 7.74. The lowest BCUT2D eigenvalue weighted by atomic mass is 9.94. The van der Waals surface area contributed by atoms with Crippen molar-refractivity contribution in [3.05, 3.63) is 24.3 Å². The first-order valence-electron chi connectivity index (χ1n) is 8.67. The highest BCUT2D eigenvalue weighted by molar-refractivity contribution is 5.94. The highest BCUT2D eigenvalue weighted by atomic mass is 16.6. The SMILES string of the molecule is CC=CC(=O)CC1CC(=O)CCC(C)OC(=O)C=CC(O)C(C)OC1=O. The Bertz CT molecular complexity index is 591. The van der Waals surface area contributed by atoms with Crippen molar-refractivity contribution in [3.8, 4) is 0 Å². The third-order valence-electron chi connectivity index (χ3n) is 3.97. The van der Waals surface area contributed by atoms with Crippen molar-refractivity contribution < 1.29 is 33.8 Å². The van der Waals surface area contributed by atoms with Gasteiger partial charge in [0.1, 0.15) is 18.0 Å². The largest absolute Gasteiger partial charge is 0.460 e. The summed E-state index contributed by atoms with van der Waals surface area (Å²) in [6.07, 6.45) is 2.66. The summed E-state index contributed by atoms with van der Waals surface area (Å²) >= 11 is 0. The second-order valence-electron chi connectivity index (χ2n) is 6.39. The van der Waals surface area contributed by atoms with Crippen molar-refractivity contribution in [2.75, 3.05) is 0 Å². The van der Waals surface area contributed by atoms with E-state index in [2.05, 4.69) is 0 Å². The van der Waals surface area contributed by atoms with Gasteiger partial charge in [0.05, 0.1) is 12.0 Å². The summed E-state index contributed by atoms with van der Waals surface area (Å²) in [5.41, 5.74) is 0. The van der Waals surface area contributed by atoms with Gasteiger partial charge in [-0.05, 0) is 39.3 Å². The lowest BCUT2D eigenvalue weighted by Gasteiger charge is -2.21. The number of cyclic esters (lactones) is 2. The molecule has 0 aromatic heterocycles. The van der Waals surface area contributed by atoms with Gasteiger partial charge in [-0.3, -0.25) is 14.4 Å². The molecule has 144 valence electrons. The van der Waals surface area contributed by atoms with Gasteiger partial charge in [-0.2, -0.15) is 0 Å². The lowest BCUT2D eigenvalue weighted by molar-refractivity contribution is -0.159. The number of carbonyl (C=O) groups excluding carboxylic acids is 4. The fourth-order valence-corrected chi connectivity index (χ4v) is 2.46. The van der Waals surface area contributed by atoms with Crippen LogP contribution in [-0.2, 0) is 28.7 Å². The fraction of sp³-hybridized carbons (Fsp3) is 0.579. The van der Waals surface area contributed by atoms with Crippen molar-refractivity contribution in [2.24, 2.45) is 5.92 Å². The minimum absolute atomic E-state index is 0.123. The van der Waals surface area contributed by atoms with Crippen LogP contribution in [0.4, 0.5) is 0 Å². The molecule has 7 heteroatoms. The Balaban J connectivity index is 2.98. The van der Waals surface area contributed by atoms with E-state index in [0.717, 1.165) is 6.08 Å². The van der Waals surface area contributed by atoms with Crippen LogP contribution in [0, 0.1) is 5.92 Å². The number of hydrogen-bond donors (Lipinski definition) is 1. The monoisotopic (exact) mass is 366 g/mol. The maximum atomic E-state index is 12.4. The summed E-state index contributed by atoms with van der Waals surface area (Å²) in [7, 11) is 0. The first-order chi connectivity index (χ1) is 12.2. The van der Waals surface area contributed by atoms with E-state index in [-0.39, 0.29) is 30.8 Å². The normalized spacial score (nSPS) is 29.2. The average Bonchev–Trinajstić information content (AvgIpc) is 2.56. The molecular formula is C19H26O7. The minimum atomic E-state index is -1.22. The van der Waals surface area contributed by atoms with Crippen LogP contribution in [0.3, 0.4) is 0 Å². The molecule has 0 bridgehead atoms. The zero-order chi connectivity index (χ0) is 19.7. The smallest absolute Gasteiger partial charge is 0.330 e. The topological polar surface area (TPSA) is 107 Å². The molecule has 1 heterocycles. The summed E-state index contributed by atoms with van der Waals surface area (Å²) in [5, 5.41) is 9.98. The highest BCUT2D eigenvalue weighted by Gasteiger charge is 2.28. The lowest BCUT2D eigenvalue weighted by Crippen LogP contribution is -2.32. The van der Waals surface area contributed by atoms with Crippen molar-refractivity contribution in [1.29, 1.82) is 0 Å². The number of hydrogen-bond acceptors (Lipinski definition) is 7. The Morgan fingerprint density at radius 3 is 2.62 bits per heavy atom. The molecule has 0 aromatic carbocycles. The first-order valence-corrected chi connectivity index (χ1v) is 8.67. The molecule has 4 atom stereocenters. The average molecular weight is 366 g/mol. The number of carbonyl (C=O) groups is 4. The number of ketones is 2. The van der Waals surface area contributed by atoms with Gasteiger partial charge in [0.25, 0.3) is 0 Å². The fourth-order valence-electron chi connectivity index (χ4n) is 2.46. The highest BCUT2D eigenvalue weighted by Crippen LogP contribution is 2.18. The number of Topliss-reactive ketones (excluding diaryl/α,β-unsaturated/α-hetero) is 1. The van der Waals surface area contributed by atoms with E-state index in [1.807, 2.05) is 0 Å². The van der Waals surface area contributed by atoms with Crippen LogP contribution >= 0.6 is 0 Å². The molecule has 0 aromatic rings. The van der Waals surface area contributed by atoms with Gasteiger partial charge in [0, 0.05) is 25.3 Å². The Kier molecular flexibility index (Phi) is 8.92. The van der Waals surface area contributed by atoms with E-state index in [9.17, 15) is 24.3 Å². The van der Waals surface area contributed by atoms with Crippen LogP contribution in [0.25, 0.3) is 0 Å². The minimum Gasteiger partial charge on any atom is -0.460 e. The number of allylic oxidation sites excluding steroid dienone is 2. The Labute approximate surface area is 153 Å². The molecule has 0 aliphatic carbocycles. The zero-order valence-corrected chi connectivity index (χ0v) is 15.3. The molecular weight excluding hydrogens is 340 g/mol. The predicted octanol–water partition coefficient (Wildman–Crippen LogP) is 1.67. The van der Waals surface area contributed by atoms with Gasteiger partial charge >= 0.3 is 11.9 Å². The molecule has 7 nitrogen and oxygen atoms in total. The molecule has 0 amide bonds. The zero-order valence-electron chi connectivity index (χ0n) is 15.3. The molecule has 26 heavy (non-hydrogen) atoms. The van der Waals surface area contributed by atoms with E-state index in [1.165, 1.54) is 19.1 Å². The summed E-state index contributed by atoms with van der Waals surface area (Å²) in [6.45, 7) is 4.80. The number of aliphatic hydroxyl groups excluding tert-OH is 1. The van der Waals surface area contributed by atoms with Crippen LogP contribution in [0.2, 0.25) is 0 Å². The van der Waals surface area contributed by atoms with Gasteiger partial charge in [-0.25, -0.2) is 4.79 Å². The molecule has 1 rings (SSSR count). The maximum absolute atomic E-state index is 12.4. The van der Waals surface area contributed by atoms with Gasteiger partial charge in [-0.15, -0.1) is 0 Å². The van der Waals surface area contributed by atoms with E-state index in [0.29, 0.717) is 6.42 Å². The standard InChI is InChI=1S/C19H26O7/c1-4-5-15(20)10-14-11-16(21)7-6-12(2)25-18(23)9-8-17(22)13(3)26-19(14)24/h4-5,8-9,12-14,17,22H,6-7,10-11H2,1-3H3. The van der Waals surface area contributed by atoms with Gasteiger partial charge < -0.3 is 14.6 Å². The van der Waals surface area contributed by atoms with Crippen LogP contribution in [0.5, 0.6) is 0 Å². The summed E-state index contributed by atoms with van der Waals surface area (Å²) < 4.78 is 10.3. The van der Waals surface area contributed by atoms with Crippen molar-refractivity contribution >= 4 is 23.5 Å². The molecule has 0 spiro atoms. The van der Waals surface area contributed by atoms with Crippen molar-refractivity contribution in [1.82, 2.24) is 0 Å². The quantitative estimate of drug-likeness (QED) is 0.598. The number of rotatable bonds is 3. The Morgan fingerprint density at radius 2 is 1.96 bits per heavy atom. The molecule has 0 saturated heterocycles. The molecule has 1 aliphatic heterocycles. The van der Waals surface area contributed by atoms with Crippen molar-refractivity contribution in [2.45, 2.75) is 64.8 Å². The molecule has 1 aliphatic rings. The summed E-state index contributed by atoms with van der Waals surface area (Å²) in [6, 6.07) is 0. The van der Waals surface area contributed by atoms with Gasteiger partial charge in [0.2, 0.25) is 0 Å². The molecule has 0 saturated carbocycles. The van der Waals surface area contributed by atoms with Crippen molar-refractivity contribution in [3.63, 3.8) is 0 Å². The van der Waals surface area contributed by atoms with E-state index in [4.69, 9.17) is 9.47 Å². The van der Waals surface area contributed by atoms with Crippen LogP contribution in [0.15, 0.2) is 24.3 Å². The second-order valence-corrected chi connectivity index (χ2v) is 6.39. The molecule has 4 unspecified atom stereocenters. The maximum Gasteiger partial charge on any atom is 0.330 e. The number of aliphatic hydroxyl groups is 1. The third-order valence-corrected chi connectivity index (χ3v) is 3.97. The number of esters is 2. The second kappa shape index (κ2) is 10.7. The summed E-state index contributed by atoms with van der Waals surface area (Å²) in [5.74, 6) is -2.77. The molecule has 0 fully saturated rings. The van der Waals surface area contributed by atoms with Crippen LogP contribution in [0.1, 0.15) is 46.5 Å². The summed E-state index contributed by atoms with van der Waals surface area (Å²) in [4.78, 5) is 48.0. The molecule has 1 N–H and O–H groups in total. The van der Waals surface area contributed by atoms with Crippen LogP contribution < -0.4 is 0 Å². The first kappa shape index (κ1) is 21.8. The van der Waals surface area contributed by atoms with E-state index >= 15 is 0 Å². The van der Waals surface area contributed by atoms with Crippen LogP contribution in [-0.4, -0.2) is 46.9 Å². The predicted molar refractivity (Wildman–Crippen MR) is 93.0 cm³/mol. The Hall–Kier alpha value is -2.28. The van der Waals surface area contributed by atoms with E-state index in [1.54, 1.807) is 19.9 Å². The Morgan fingerprint density at radius 1 is 1.27 bits per heavy atom. The van der Waals surface area contributed by atoms with Gasteiger partial charge in [0.15, 0.2) is 5.78 Å².